The van der Waals surface area contributed by atoms with E-state index in [0.717, 1.165) is 35.2 Å². The number of ether oxygens (including phenoxy) is 2. The van der Waals surface area contributed by atoms with Crippen molar-refractivity contribution < 1.29 is 9.47 Å². The first-order valence-electron chi connectivity index (χ1n) is 25.0. The largest absolute Gasteiger partial charge is 0.482 e. The van der Waals surface area contributed by atoms with Crippen molar-refractivity contribution in [2.75, 3.05) is 0 Å². The second-order valence-corrected chi connectivity index (χ2v) is 17.1. The Balaban J connectivity index is 0.000000189. The fourth-order valence-electron chi connectivity index (χ4n) is 11.1. The molecule has 12 rings (SSSR count). The minimum atomic E-state index is -0.247. The van der Waals surface area contributed by atoms with Crippen molar-refractivity contribution in [1.29, 1.82) is 0 Å². The molecule has 6 aliphatic rings. The first-order valence-corrected chi connectivity index (χ1v) is 25.0. The van der Waals surface area contributed by atoms with Crippen LogP contribution in [0, 0.1) is 0 Å². The van der Waals surface area contributed by atoms with Gasteiger partial charge in [0.25, 0.3) is 0 Å². The van der Waals surface area contributed by atoms with E-state index >= 15 is 0 Å². The molecule has 4 aliphatic carbocycles. The van der Waals surface area contributed by atoms with Crippen molar-refractivity contribution in [3.63, 3.8) is 0 Å². The van der Waals surface area contributed by atoms with E-state index in [1.165, 1.54) is 92.7 Å². The second-order valence-electron chi connectivity index (χ2n) is 17.1. The van der Waals surface area contributed by atoms with Crippen LogP contribution in [0.25, 0.3) is 55.2 Å². The molecule has 4 unspecified atom stereocenters. The normalized spacial score (nSPS) is 20.9. The van der Waals surface area contributed by atoms with Gasteiger partial charge in [-0.1, -0.05) is 162 Å². The van der Waals surface area contributed by atoms with E-state index < -0.39 is 0 Å². The molecule has 2 heteroatoms. The number of rotatable bonds is 0. The first-order chi connectivity index (χ1) is 30.2. The zero-order valence-corrected chi connectivity index (χ0v) is 41.6. The zero-order valence-electron chi connectivity index (χ0n) is 41.6. The molecule has 0 N–H and O–H groups in total. The highest BCUT2D eigenvalue weighted by molar-refractivity contribution is 6.15. The predicted molar refractivity (Wildman–Crippen MR) is 277 cm³/mol. The molecular formula is C60H80O2. The van der Waals surface area contributed by atoms with Gasteiger partial charge in [0.1, 0.15) is 22.7 Å². The summed E-state index contributed by atoms with van der Waals surface area (Å²) in [5, 5.41) is 10.9. The third kappa shape index (κ3) is 8.45. The second kappa shape index (κ2) is 20.7. The van der Waals surface area contributed by atoms with E-state index in [-0.39, 0.29) is 11.2 Å². The number of benzene rings is 6. The quantitative estimate of drug-likeness (QED) is 0.142. The number of hydrogen-bond acceptors (Lipinski definition) is 2. The lowest BCUT2D eigenvalue weighted by atomic mass is 9.81. The van der Waals surface area contributed by atoms with Crippen LogP contribution in [0.15, 0.2) is 84.9 Å². The van der Waals surface area contributed by atoms with Gasteiger partial charge in [0.2, 0.25) is 0 Å². The van der Waals surface area contributed by atoms with Gasteiger partial charge in [0, 0.05) is 21.9 Å². The highest BCUT2D eigenvalue weighted by Crippen LogP contribution is 2.61. The molecule has 0 spiro atoms. The smallest absolute Gasteiger partial charge is 0.136 e. The van der Waals surface area contributed by atoms with Crippen LogP contribution >= 0.6 is 0 Å². The molecule has 0 radical (unpaired) electrons. The van der Waals surface area contributed by atoms with Gasteiger partial charge in [-0.15, -0.1) is 0 Å². The molecule has 2 aliphatic heterocycles. The van der Waals surface area contributed by atoms with Crippen molar-refractivity contribution in [2.24, 2.45) is 0 Å². The average Bonchev–Trinajstić information content (AvgIpc) is 4.16. The Labute approximate surface area is 377 Å². The Bertz CT molecular complexity index is 2530. The molecule has 62 heavy (non-hydrogen) atoms. The van der Waals surface area contributed by atoms with Crippen molar-refractivity contribution in [3.8, 4) is 11.5 Å². The molecule has 0 aromatic heterocycles. The van der Waals surface area contributed by atoms with Gasteiger partial charge in [0.05, 0.1) is 0 Å². The molecule has 6 aromatic carbocycles. The van der Waals surface area contributed by atoms with E-state index in [0.29, 0.717) is 0 Å². The van der Waals surface area contributed by atoms with Crippen LogP contribution in [-0.4, -0.2) is 11.2 Å². The van der Waals surface area contributed by atoms with Gasteiger partial charge in [-0.3, -0.25) is 0 Å². The van der Waals surface area contributed by atoms with Crippen molar-refractivity contribution in [1.82, 2.24) is 0 Å². The van der Waals surface area contributed by atoms with Gasteiger partial charge in [-0.25, -0.2) is 0 Å². The zero-order chi connectivity index (χ0) is 45.5. The lowest BCUT2D eigenvalue weighted by Gasteiger charge is -2.32. The van der Waals surface area contributed by atoms with Crippen LogP contribution in [0.1, 0.15) is 206 Å². The molecule has 4 atom stereocenters. The third-order valence-corrected chi connectivity index (χ3v) is 13.1. The fraction of sp³-hybridized carbons (Fsp3) is 0.467. The predicted octanol–water partition coefficient (Wildman–Crippen LogP) is 19.2. The lowest BCUT2D eigenvalue weighted by molar-refractivity contribution is 0.161. The summed E-state index contributed by atoms with van der Waals surface area (Å²) in [6, 6.07) is 26.8. The molecule has 6 aromatic rings. The van der Waals surface area contributed by atoms with E-state index in [1.807, 2.05) is 83.1 Å². The minimum Gasteiger partial charge on any atom is -0.482 e. The summed E-state index contributed by atoms with van der Waals surface area (Å²) in [6.45, 7) is 32.6. The first kappa shape index (κ1) is 48.5. The Morgan fingerprint density at radius 1 is 0.387 bits per heavy atom. The maximum Gasteiger partial charge on any atom is 0.136 e. The highest BCUT2D eigenvalue weighted by atomic mass is 16.5. The Morgan fingerprint density at radius 3 is 1.29 bits per heavy atom. The Morgan fingerprint density at radius 2 is 0.774 bits per heavy atom. The summed E-state index contributed by atoms with van der Waals surface area (Å²) in [6.07, 6.45) is 17.2. The SMILES string of the molecule is CC.CC.CC.CC.CC.CC.CC1(C)C=Cc2c3c(c4c(ccc5ccccc54)c2O1)C1CCC3C1.CC1(C)C=Cc2c3c(c4ccc5ccccc5c4c2O1)C1CCC3C1. The summed E-state index contributed by atoms with van der Waals surface area (Å²) >= 11 is 0. The van der Waals surface area contributed by atoms with Crippen LogP contribution in [0.5, 0.6) is 11.5 Å². The maximum absolute atomic E-state index is 6.59. The number of hydrogen-bond donors (Lipinski definition) is 0. The van der Waals surface area contributed by atoms with Crippen molar-refractivity contribution in [3.05, 3.63) is 118 Å². The monoisotopic (exact) mass is 833 g/mol. The van der Waals surface area contributed by atoms with E-state index in [2.05, 4.69) is 125 Å². The lowest BCUT2D eigenvalue weighted by Crippen LogP contribution is -2.28. The highest BCUT2D eigenvalue weighted by Gasteiger charge is 2.44. The van der Waals surface area contributed by atoms with Gasteiger partial charge < -0.3 is 9.47 Å². The molecule has 0 saturated heterocycles. The molecule has 2 fully saturated rings. The van der Waals surface area contributed by atoms with Crippen molar-refractivity contribution in [2.45, 2.75) is 184 Å². The molecule has 2 saturated carbocycles. The third-order valence-electron chi connectivity index (χ3n) is 13.1. The van der Waals surface area contributed by atoms with Crippen LogP contribution in [-0.2, 0) is 0 Å². The standard InChI is InChI=1S/2C24H22O.6C2H6/c1-24(2)12-11-19-20-15-7-8-16(13-15)21(20)22-17-6-4-3-5-14(17)9-10-18(22)23(19)25-24;1-24(2)12-11-19-21-16-8-7-15(13-16)20(21)18-10-9-14-5-3-4-6-17(14)22(18)23(19)25-24;6*1-2/h2*3-6,9-12,15-16H,7-8,13H2,1-2H3;6*1-2H3. The molecule has 2 nitrogen and oxygen atoms in total. The van der Waals surface area contributed by atoms with Crippen LogP contribution in [0.2, 0.25) is 0 Å². The summed E-state index contributed by atoms with van der Waals surface area (Å²) in [5.41, 5.74) is 8.70. The summed E-state index contributed by atoms with van der Waals surface area (Å²) in [5.74, 6) is 5.18. The average molecular weight is 833 g/mol. The van der Waals surface area contributed by atoms with E-state index in [4.69, 9.17) is 9.47 Å². The summed E-state index contributed by atoms with van der Waals surface area (Å²) in [7, 11) is 0. The minimum absolute atomic E-state index is 0.239. The molecule has 332 valence electrons. The van der Waals surface area contributed by atoms with Gasteiger partial charge in [0.15, 0.2) is 0 Å². The van der Waals surface area contributed by atoms with Crippen molar-refractivity contribution >= 4 is 55.2 Å². The van der Waals surface area contributed by atoms with Crippen LogP contribution in [0.3, 0.4) is 0 Å². The van der Waals surface area contributed by atoms with Gasteiger partial charge >= 0.3 is 0 Å². The molecule has 0 amide bonds. The summed E-state index contributed by atoms with van der Waals surface area (Å²) < 4.78 is 13.1. The van der Waals surface area contributed by atoms with Gasteiger partial charge in [-0.05, 0) is 163 Å². The van der Waals surface area contributed by atoms with Crippen LogP contribution < -0.4 is 9.47 Å². The molecule has 4 bridgehead atoms. The number of fused-ring (bicyclic) bond motifs is 24. The maximum atomic E-state index is 6.59. The van der Waals surface area contributed by atoms with E-state index in [1.54, 1.807) is 22.3 Å². The summed E-state index contributed by atoms with van der Waals surface area (Å²) in [4.78, 5) is 0. The topological polar surface area (TPSA) is 18.5 Å². The van der Waals surface area contributed by atoms with Gasteiger partial charge in [-0.2, -0.15) is 0 Å². The molecular weight excluding hydrogens is 753 g/mol. The van der Waals surface area contributed by atoms with E-state index in [9.17, 15) is 0 Å². The Hall–Kier alpha value is -4.56. The molecule has 2 heterocycles. The van der Waals surface area contributed by atoms with Crippen LogP contribution in [0.4, 0.5) is 0 Å². The fourth-order valence-corrected chi connectivity index (χ4v) is 11.1. The Kier molecular flexibility index (Phi) is 16.2.